The number of ether oxygens (including phenoxy) is 2. The molecule has 1 aromatic carbocycles. The molecule has 1 aliphatic rings. The molecular formula is C17H24O4. The molecule has 1 N–H and O–H groups in total. The summed E-state index contributed by atoms with van der Waals surface area (Å²) in [5, 5.41) is 8.81. The SMILES string of the molecule is CC1CCCC(OCCCOc2ccc(C(=O)O)cc2)C1. The highest BCUT2D eigenvalue weighted by atomic mass is 16.5. The van der Waals surface area contributed by atoms with Crippen LogP contribution < -0.4 is 4.74 Å². The van der Waals surface area contributed by atoms with E-state index in [2.05, 4.69) is 6.92 Å². The second-order valence-corrected chi connectivity index (χ2v) is 5.80. The summed E-state index contributed by atoms with van der Waals surface area (Å²) in [6, 6.07) is 6.48. The zero-order valence-corrected chi connectivity index (χ0v) is 12.6. The molecule has 2 unspecified atom stereocenters. The van der Waals surface area contributed by atoms with Crippen LogP contribution in [-0.2, 0) is 4.74 Å². The lowest BCUT2D eigenvalue weighted by molar-refractivity contribution is 0.0106. The van der Waals surface area contributed by atoms with E-state index in [1.807, 2.05) is 0 Å². The fraction of sp³-hybridized carbons (Fsp3) is 0.588. The quantitative estimate of drug-likeness (QED) is 0.778. The maximum atomic E-state index is 10.7. The van der Waals surface area contributed by atoms with Crippen LogP contribution in [0.3, 0.4) is 0 Å². The zero-order chi connectivity index (χ0) is 15.1. The Morgan fingerprint density at radius 1 is 1.24 bits per heavy atom. The van der Waals surface area contributed by atoms with Crippen LogP contribution in [0.25, 0.3) is 0 Å². The van der Waals surface area contributed by atoms with Gasteiger partial charge in [-0.3, -0.25) is 0 Å². The van der Waals surface area contributed by atoms with Gasteiger partial charge in [-0.05, 0) is 43.0 Å². The van der Waals surface area contributed by atoms with Gasteiger partial charge < -0.3 is 14.6 Å². The van der Waals surface area contributed by atoms with Gasteiger partial charge in [0.25, 0.3) is 0 Å². The summed E-state index contributed by atoms with van der Waals surface area (Å²) in [5.41, 5.74) is 0.275. The summed E-state index contributed by atoms with van der Waals surface area (Å²) in [5.74, 6) is 0.565. The van der Waals surface area contributed by atoms with E-state index < -0.39 is 5.97 Å². The molecule has 1 fully saturated rings. The van der Waals surface area contributed by atoms with Crippen molar-refractivity contribution in [2.75, 3.05) is 13.2 Å². The van der Waals surface area contributed by atoms with Crippen molar-refractivity contribution >= 4 is 5.97 Å². The highest BCUT2D eigenvalue weighted by Crippen LogP contribution is 2.25. The molecule has 0 aliphatic heterocycles. The van der Waals surface area contributed by atoms with E-state index in [-0.39, 0.29) is 5.56 Å². The Morgan fingerprint density at radius 3 is 2.67 bits per heavy atom. The highest BCUT2D eigenvalue weighted by Gasteiger charge is 2.18. The monoisotopic (exact) mass is 292 g/mol. The van der Waals surface area contributed by atoms with Gasteiger partial charge in [-0.1, -0.05) is 19.8 Å². The average Bonchev–Trinajstić information content (AvgIpc) is 2.47. The molecule has 0 aromatic heterocycles. The highest BCUT2D eigenvalue weighted by molar-refractivity contribution is 5.87. The third-order valence-electron chi connectivity index (χ3n) is 3.90. The van der Waals surface area contributed by atoms with Crippen LogP contribution in [0.1, 0.15) is 49.4 Å². The Balaban J connectivity index is 1.60. The number of benzene rings is 1. The van der Waals surface area contributed by atoms with Crippen LogP contribution >= 0.6 is 0 Å². The number of aromatic carboxylic acids is 1. The van der Waals surface area contributed by atoms with Crippen molar-refractivity contribution in [3.63, 3.8) is 0 Å². The zero-order valence-electron chi connectivity index (χ0n) is 12.6. The first-order chi connectivity index (χ1) is 10.1. The predicted molar refractivity (Wildman–Crippen MR) is 80.9 cm³/mol. The minimum absolute atomic E-state index is 0.275. The Hall–Kier alpha value is -1.55. The summed E-state index contributed by atoms with van der Waals surface area (Å²) < 4.78 is 11.5. The topological polar surface area (TPSA) is 55.8 Å². The van der Waals surface area contributed by atoms with Crippen molar-refractivity contribution in [1.82, 2.24) is 0 Å². The van der Waals surface area contributed by atoms with Crippen molar-refractivity contribution in [2.24, 2.45) is 5.92 Å². The normalized spacial score (nSPS) is 22.0. The Kier molecular flexibility index (Phi) is 6.05. The molecule has 0 spiro atoms. The molecule has 0 saturated heterocycles. The van der Waals surface area contributed by atoms with Crippen LogP contribution in [0.5, 0.6) is 5.75 Å². The van der Waals surface area contributed by atoms with Gasteiger partial charge in [-0.2, -0.15) is 0 Å². The third kappa shape index (κ3) is 5.38. The second-order valence-electron chi connectivity index (χ2n) is 5.80. The Morgan fingerprint density at radius 2 is 2.00 bits per heavy atom. The molecule has 0 bridgehead atoms. The van der Waals surface area contributed by atoms with Crippen LogP contribution in [-0.4, -0.2) is 30.4 Å². The lowest BCUT2D eigenvalue weighted by Gasteiger charge is -2.26. The number of hydrogen-bond donors (Lipinski definition) is 1. The number of carboxylic acid groups (broad SMARTS) is 1. The second kappa shape index (κ2) is 8.03. The fourth-order valence-corrected chi connectivity index (χ4v) is 2.72. The van der Waals surface area contributed by atoms with Gasteiger partial charge in [0.15, 0.2) is 0 Å². The molecule has 21 heavy (non-hydrogen) atoms. The molecule has 1 aliphatic carbocycles. The summed E-state index contributed by atoms with van der Waals surface area (Å²) in [4.78, 5) is 10.7. The first kappa shape index (κ1) is 15.8. The Labute approximate surface area is 126 Å². The third-order valence-corrected chi connectivity index (χ3v) is 3.90. The molecule has 0 radical (unpaired) electrons. The van der Waals surface area contributed by atoms with E-state index in [9.17, 15) is 4.79 Å². The van der Waals surface area contributed by atoms with Gasteiger partial charge in [0.1, 0.15) is 5.75 Å². The van der Waals surface area contributed by atoms with Crippen LogP contribution in [0.15, 0.2) is 24.3 Å². The smallest absolute Gasteiger partial charge is 0.335 e. The van der Waals surface area contributed by atoms with E-state index in [0.29, 0.717) is 18.5 Å². The van der Waals surface area contributed by atoms with Crippen LogP contribution in [0.4, 0.5) is 0 Å². The van der Waals surface area contributed by atoms with Gasteiger partial charge in [-0.25, -0.2) is 4.79 Å². The van der Waals surface area contributed by atoms with Crippen molar-refractivity contribution in [2.45, 2.75) is 45.1 Å². The van der Waals surface area contributed by atoms with E-state index in [4.69, 9.17) is 14.6 Å². The summed E-state index contributed by atoms with van der Waals surface area (Å²) in [6.45, 7) is 3.61. The van der Waals surface area contributed by atoms with Crippen LogP contribution in [0, 0.1) is 5.92 Å². The first-order valence-corrected chi connectivity index (χ1v) is 7.73. The van der Waals surface area contributed by atoms with Crippen molar-refractivity contribution < 1.29 is 19.4 Å². The van der Waals surface area contributed by atoms with E-state index in [1.165, 1.54) is 25.7 Å². The lowest BCUT2D eigenvalue weighted by atomic mass is 9.89. The number of carboxylic acids is 1. The minimum Gasteiger partial charge on any atom is -0.494 e. The first-order valence-electron chi connectivity index (χ1n) is 7.73. The van der Waals surface area contributed by atoms with Gasteiger partial charge in [0, 0.05) is 6.42 Å². The van der Waals surface area contributed by atoms with Gasteiger partial charge in [0.2, 0.25) is 0 Å². The van der Waals surface area contributed by atoms with Gasteiger partial charge >= 0.3 is 5.97 Å². The van der Waals surface area contributed by atoms with Crippen molar-refractivity contribution in [1.29, 1.82) is 0 Å². The predicted octanol–water partition coefficient (Wildman–Crippen LogP) is 3.75. The molecule has 4 heteroatoms. The Bertz CT molecular complexity index is 441. The van der Waals surface area contributed by atoms with Crippen molar-refractivity contribution in [3.8, 4) is 5.75 Å². The molecule has 0 amide bonds. The largest absolute Gasteiger partial charge is 0.494 e. The average molecular weight is 292 g/mol. The van der Waals surface area contributed by atoms with Gasteiger partial charge in [-0.15, -0.1) is 0 Å². The summed E-state index contributed by atoms with van der Waals surface area (Å²) >= 11 is 0. The van der Waals surface area contributed by atoms with Crippen molar-refractivity contribution in [3.05, 3.63) is 29.8 Å². The molecule has 0 heterocycles. The maximum absolute atomic E-state index is 10.7. The molecule has 116 valence electrons. The molecular weight excluding hydrogens is 268 g/mol. The van der Waals surface area contributed by atoms with Crippen LogP contribution in [0.2, 0.25) is 0 Å². The van der Waals surface area contributed by atoms with Gasteiger partial charge in [0.05, 0.1) is 24.9 Å². The standard InChI is InChI=1S/C17H24O4/c1-13-4-2-5-16(12-13)21-11-3-10-20-15-8-6-14(7-9-15)17(18)19/h6-9,13,16H,2-5,10-12H2,1H3,(H,18,19). The molecule has 1 aromatic rings. The summed E-state index contributed by atoms with van der Waals surface area (Å²) in [6.07, 6.45) is 6.24. The molecule has 4 nitrogen and oxygen atoms in total. The minimum atomic E-state index is -0.920. The number of rotatable bonds is 7. The van der Waals surface area contributed by atoms with E-state index >= 15 is 0 Å². The number of carbonyl (C=O) groups is 1. The van der Waals surface area contributed by atoms with E-state index in [0.717, 1.165) is 18.9 Å². The lowest BCUT2D eigenvalue weighted by Crippen LogP contribution is -2.22. The summed E-state index contributed by atoms with van der Waals surface area (Å²) in [7, 11) is 0. The number of hydrogen-bond acceptors (Lipinski definition) is 3. The molecule has 1 saturated carbocycles. The van der Waals surface area contributed by atoms with E-state index in [1.54, 1.807) is 24.3 Å². The molecule has 2 atom stereocenters. The molecule has 2 rings (SSSR count). The maximum Gasteiger partial charge on any atom is 0.335 e. The fourth-order valence-electron chi connectivity index (χ4n) is 2.72.